The lowest BCUT2D eigenvalue weighted by atomic mass is 10.3. The fourth-order valence-electron chi connectivity index (χ4n) is 2.24. The van der Waals surface area contributed by atoms with E-state index in [9.17, 15) is 0 Å². The Balaban J connectivity index is 2.48. The second kappa shape index (κ2) is 8.28. The van der Waals surface area contributed by atoms with Crippen LogP contribution in [0.4, 0.5) is 0 Å². The van der Waals surface area contributed by atoms with Gasteiger partial charge in [-0.15, -0.1) is 0 Å². The van der Waals surface area contributed by atoms with E-state index in [1.807, 2.05) is 11.4 Å². The summed E-state index contributed by atoms with van der Waals surface area (Å²) in [6.07, 6.45) is 5.59. The van der Waals surface area contributed by atoms with Gasteiger partial charge >= 0.3 is 0 Å². The SMILES string of the molecule is CCCCC#C[P+](SC)(c1ccccc1)c1ccccc1. The van der Waals surface area contributed by atoms with E-state index >= 15 is 0 Å². The molecule has 2 aromatic rings. The number of rotatable bonds is 5. The first-order valence-electron chi connectivity index (χ1n) is 7.39. The summed E-state index contributed by atoms with van der Waals surface area (Å²) in [6, 6.07) is 21.6. The van der Waals surface area contributed by atoms with Gasteiger partial charge in [0.1, 0.15) is 10.6 Å². The molecule has 2 rings (SSSR count). The molecule has 0 unspecified atom stereocenters. The minimum Gasteiger partial charge on any atom is -0.0653 e. The van der Waals surface area contributed by atoms with Crippen LogP contribution in [-0.4, -0.2) is 6.26 Å². The van der Waals surface area contributed by atoms with Crippen molar-refractivity contribution in [3.8, 4) is 11.6 Å². The van der Waals surface area contributed by atoms with Crippen LogP contribution in [0, 0.1) is 11.6 Å². The van der Waals surface area contributed by atoms with E-state index in [2.05, 4.69) is 85.4 Å². The Hall–Kier alpha value is -1.22. The van der Waals surface area contributed by atoms with Crippen LogP contribution in [-0.2, 0) is 0 Å². The summed E-state index contributed by atoms with van der Waals surface area (Å²) in [4.78, 5) is 0. The molecule has 0 amide bonds. The molecule has 0 saturated heterocycles. The predicted molar refractivity (Wildman–Crippen MR) is 99.9 cm³/mol. The number of hydrogen-bond acceptors (Lipinski definition) is 1. The first-order chi connectivity index (χ1) is 10.3. The molecule has 2 heteroatoms. The molecule has 0 nitrogen and oxygen atoms in total. The molecule has 0 bridgehead atoms. The van der Waals surface area contributed by atoms with Gasteiger partial charge in [-0.1, -0.05) is 55.7 Å². The van der Waals surface area contributed by atoms with Crippen molar-refractivity contribution in [2.45, 2.75) is 26.2 Å². The highest BCUT2D eigenvalue weighted by atomic mass is 32.7. The second-order valence-corrected chi connectivity index (χ2v) is 10.4. The summed E-state index contributed by atoms with van der Waals surface area (Å²) >= 11 is 1.92. The molecule has 0 aliphatic carbocycles. The van der Waals surface area contributed by atoms with E-state index < -0.39 is 6.46 Å². The van der Waals surface area contributed by atoms with Gasteiger partial charge < -0.3 is 0 Å². The molecule has 0 aliphatic heterocycles. The molecule has 0 saturated carbocycles. The van der Waals surface area contributed by atoms with Crippen molar-refractivity contribution in [1.82, 2.24) is 0 Å². The number of benzene rings is 2. The highest BCUT2D eigenvalue weighted by Crippen LogP contribution is 2.65. The van der Waals surface area contributed by atoms with Crippen molar-refractivity contribution in [3.05, 3.63) is 60.7 Å². The van der Waals surface area contributed by atoms with Crippen LogP contribution in [0.2, 0.25) is 0 Å². The van der Waals surface area contributed by atoms with Gasteiger partial charge in [0.2, 0.25) is 6.46 Å². The summed E-state index contributed by atoms with van der Waals surface area (Å²) < 4.78 is 0. The lowest BCUT2D eigenvalue weighted by molar-refractivity contribution is 0.828. The van der Waals surface area contributed by atoms with Crippen molar-refractivity contribution in [2.75, 3.05) is 6.26 Å². The zero-order valence-electron chi connectivity index (χ0n) is 12.8. The molecule has 0 aromatic heterocycles. The Morgan fingerprint density at radius 3 is 1.86 bits per heavy atom. The van der Waals surface area contributed by atoms with Crippen molar-refractivity contribution in [2.24, 2.45) is 0 Å². The lowest BCUT2D eigenvalue weighted by Crippen LogP contribution is -2.18. The van der Waals surface area contributed by atoms with Gasteiger partial charge in [0.05, 0.1) is 5.66 Å². The number of hydrogen-bond donors (Lipinski definition) is 0. The largest absolute Gasteiger partial charge is 0.214 e. The maximum Gasteiger partial charge on any atom is 0.214 e. The topological polar surface area (TPSA) is 0 Å². The van der Waals surface area contributed by atoms with Crippen LogP contribution in [0.1, 0.15) is 26.2 Å². The van der Waals surface area contributed by atoms with Gasteiger partial charge in [0.15, 0.2) is 0 Å². The van der Waals surface area contributed by atoms with E-state index in [0.717, 1.165) is 6.42 Å². The quantitative estimate of drug-likeness (QED) is 0.421. The molecule has 21 heavy (non-hydrogen) atoms. The monoisotopic (exact) mass is 313 g/mol. The molecule has 0 heterocycles. The average Bonchev–Trinajstić information content (AvgIpc) is 2.57. The zero-order chi connectivity index (χ0) is 15.0. The maximum atomic E-state index is 3.67. The standard InChI is InChI=1S/C19H22PS/c1-3-4-5-12-17-20(21-2,18-13-8-6-9-14-18)19-15-10-7-11-16-19/h6-11,13-16H,3-5H2,1-2H3/q+1. The highest BCUT2D eigenvalue weighted by molar-refractivity contribution is 8.68. The van der Waals surface area contributed by atoms with Crippen LogP contribution in [0.15, 0.2) is 60.7 Å². The summed E-state index contributed by atoms with van der Waals surface area (Å²) in [5, 5.41) is 2.74. The number of unbranched alkanes of at least 4 members (excludes halogenated alkanes) is 2. The molecule has 0 fully saturated rings. The van der Waals surface area contributed by atoms with Gasteiger partial charge in [-0.05, 0) is 30.7 Å². The van der Waals surface area contributed by atoms with Crippen molar-refractivity contribution < 1.29 is 0 Å². The molecule has 108 valence electrons. The fourth-order valence-corrected chi connectivity index (χ4v) is 7.29. The smallest absolute Gasteiger partial charge is 0.0653 e. The summed E-state index contributed by atoms with van der Waals surface area (Å²) in [5.41, 5.74) is 3.67. The third-order valence-corrected chi connectivity index (χ3v) is 9.66. The van der Waals surface area contributed by atoms with E-state index in [1.165, 1.54) is 23.5 Å². The molecule has 0 N–H and O–H groups in total. The van der Waals surface area contributed by atoms with Crippen LogP contribution in [0.5, 0.6) is 0 Å². The summed E-state index contributed by atoms with van der Waals surface area (Å²) in [6.45, 7) is 0.549. The van der Waals surface area contributed by atoms with Crippen LogP contribution < -0.4 is 10.6 Å². The second-order valence-electron chi connectivity index (χ2n) is 4.86. The normalized spacial score (nSPS) is 10.8. The average molecular weight is 313 g/mol. The molecule has 0 aliphatic rings. The molecular formula is C19H22PS+. The highest BCUT2D eigenvalue weighted by Gasteiger charge is 2.42. The predicted octanol–water partition coefficient (Wildman–Crippen LogP) is 5.08. The minimum atomic E-state index is -1.67. The third kappa shape index (κ3) is 3.91. The van der Waals surface area contributed by atoms with Crippen LogP contribution in [0.25, 0.3) is 0 Å². The molecule has 0 atom stereocenters. The third-order valence-electron chi connectivity index (χ3n) is 3.41. The first kappa shape index (κ1) is 16.2. The molecule has 2 aromatic carbocycles. The molecular weight excluding hydrogens is 291 g/mol. The first-order valence-corrected chi connectivity index (χ1v) is 11.0. The van der Waals surface area contributed by atoms with Crippen molar-refractivity contribution in [1.29, 1.82) is 0 Å². The van der Waals surface area contributed by atoms with Gasteiger partial charge in [-0.3, -0.25) is 0 Å². The van der Waals surface area contributed by atoms with Gasteiger partial charge in [-0.25, -0.2) is 0 Å². The maximum absolute atomic E-state index is 3.67. The van der Waals surface area contributed by atoms with E-state index in [-0.39, 0.29) is 0 Å². The Bertz CT molecular complexity index is 556. The van der Waals surface area contributed by atoms with Gasteiger partial charge in [0, 0.05) is 24.1 Å². The van der Waals surface area contributed by atoms with E-state index in [0.29, 0.717) is 0 Å². The molecule has 0 spiro atoms. The van der Waals surface area contributed by atoms with Crippen LogP contribution in [0.3, 0.4) is 0 Å². The Labute approximate surface area is 133 Å². The van der Waals surface area contributed by atoms with Gasteiger partial charge in [-0.2, -0.15) is 0 Å². The van der Waals surface area contributed by atoms with E-state index in [4.69, 9.17) is 0 Å². The zero-order valence-corrected chi connectivity index (χ0v) is 14.5. The van der Waals surface area contributed by atoms with Crippen LogP contribution >= 0.6 is 17.8 Å². The lowest BCUT2D eigenvalue weighted by Gasteiger charge is -2.17. The minimum absolute atomic E-state index is 0.998. The Kier molecular flexibility index (Phi) is 6.37. The van der Waals surface area contributed by atoms with Crippen molar-refractivity contribution >= 4 is 28.5 Å². The Morgan fingerprint density at radius 2 is 1.43 bits per heavy atom. The molecule has 0 radical (unpaired) electrons. The van der Waals surface area contributed by atoms with Crippen molar-refractivity contribution in [3.63, 3.8) is 0 Å². The van der Waals surface area contributed by atoms with E-state index in [1.54, 1.807) is 0 Å². The fraction of sp³-hybridized carbons (Fsp3) is 0.263. The summed E-state index contributed by atoms with van der Waals surface area (Å²) in [7, 11) is 0. The summed E-state index contributed by atoms with van der Waals surface area (Å²) in [5.74, 6) is 3.45. The van der Waals surface area contributed by atoms with Gasteiger partial charge in [0.25, 0.3) is 0 Å². The Morgan fingerprint density at radius 1 is 0.905 bits per heavy atom.